The molecule has 15 heavy (non-hydrogen) atoms. The van der Waals surface area contributed by atoms with Crippen molar-refractivity contribution in [1.29, 1.82) is 0 Å². The van der Waals surface area contributed by atoms with Gasteiger partial charge in [0.15, 0.2) is 0 Å². The molecule has 1 N–H and O–H groups in total. The van der Waals surface area contributed by atoms with Crippen LogP contribution >= 0.6 is 27.5 Å². The highest BCUT2D eigenvalue weighted by atomic mass is 79.9. The summed E-state index contributed by atoms with van der Waals surface area (Å²) in [7, 11) is 0. The van der Waals surface area contributed by atoms with Crippen molar-refractivity contribution in [2.45, 2.75) is 6.92 Å². The number of hydrogen-bond acceptors (Lipinski definition) is 2. The smallest absolute Gasteiger partial charge is 0.411 e. The molecule has 82 valence electrons. The van der Waals surface area contributed by atoms with Crippen molar-refractivity contribution in [2.24, 2.45) is 0 Å². The summed E-state index contributed by atoms with van der Waals surface area (Å²) >= 11 is 8.66. The predicted octanol–water partition coefficient (Wildman–Crippen LogP) is 3.81. The Morgan fingerprint density at radius 3 is 2.87 bits per heavy atom. The van der Waals surface area contributed by atoms with Gasteiger partial charge in [0.05, 0.1) is 16.1 Å². The molecular weight excluding hydrogens is 288 g/mol. The summed E-state index contributed by atoms with van der Waals surface area (Å²) < 4.78 is 17.9. The first-order chi connectivity index (χ1) is 7.04. The molecule has 3 nitrogen and oxygen atoms in total. The minimum absolute atomic E-state index is 0.165. The van der Waals surface area contributed by atoms with E-state index >= 15 is 0 Å². The molecule has 1 rings (SSSR count). The van der Waals surface area contributed by atoms with E-state index in [0.717, 1.165) is 6.07 Å². The highest BCUT2D eigenvalue weighted by Crippen LogP contribution is 2.28. The van der Waals surface area contributed by atoms with Gasteiger partial charge in [0.2, 0.25) is 0 Å². The lowest BCUT2D eigenvalue weighted by atomic mass is 10.3. The maximum atomic E-state index is 13.2. The number of ether oxygens (including phenoxy) is 1. The normalized spacial score (nSPS) is 9.87. The number of amides is 1. The Bertz CT molecular complexity index is 363. The van der Waals surface area contributed by atoms with Gasteiger partial charge in [-0.2, -0.15) is 0 Å². The largest absolute Gasteiger partial charge is 0.450 e. The van der Waals surface area contributed by atoms with Gasteiger partial charge in [-0.15, -0.1) is 0 Å². The van der Waals surface area contributed by atoms with Crippen molar-refractivity contribution in [3.05, 3.63) is 27.4 Å². The first kappa shape index (κ1) is 12.3. The third kappa shape index (κ3) is 3.35. The van der Waals surface area contributed by atoms with Crippen molar-refractivity contribution < 1.29 is 13.9 Å². The van der Waals surface area contributed by atoms with E-state index in [1.807, 2.05) is 0 Å². The molecule has 0 atom stereocenters. The van der Waals surface area contributed by atoms with Gasteiger partial charge in [-0.05, 0) is 35.0 Å². The summed E-state index contributed by atoms with van der Waals surface area (Å²) in [5, 5.41) is 2.53. The van der Waals surface area contributed by atoms with Crippen LogP contribution in [0.3, 0.4) is 0 Å². The van der Waals surface area contributed by atoms with Gasteiger partial charge < -0.3 is 4.74 Å². The summed E-state index contributed by atoms with van der Waals surface area (Å²) in [4.78, 5) is 11.0. The predicted molar refractivity (Wildman–Crippen MR) is 59.8 cm³/mol. The lowest BCUT2D eigenvalue weighted by Crippen LogP contribution is -2.13. The third-order valence-electron chi connectivity index (χ3n) is 1.51. The zero-order valence-corrected chi connectivity index (χ0v) is 10.2. The van der Waals surface area contributed by atoms with E-state index in [1.165, 1.54) is 6.07 Å². The second-order valence-electron chi connectivity index (χ2n) is 2.60. The molecule has 0 saturated carbocycles. The molecule has 0 saturated heterocycles. The molecule has 1 amide bonds. The van der Waals surface area contributed by atoms with E-state index in [2.05, 4.69) is 26.0 Å². The second-order valence-corrected chi connectivity index (χ2v) is 3.80. The highest BCUT2D eigenvalue weighted by molar-refractivity contribution is 9.10. The van der Waals surface area contributed by atoms with Crippen molar-refractivity contribution in [3.63, 3.8) is 0 Å². The highest BCUT2D eigenvalue weighted by Gasteiger charge is 2.09. The van der Waals surface area contributed by atoms with Gasteiger partial charge in [0.1, 0.15) is 5.82 Å². The van der Waals surface area contributed by atoms with Gasteiger partial charge in [-0.25, -0.2) is 9.18 Å². The number of anilines is 1. The van der Waals surface area contributed by atoms with Gasteiger partial charge in [-0.3, -0.25) is 5.32 Å². The van der Waals surface area contributed by atoms with Crippen LogP contribution in [0.15, 0.2) is 16.6 Å². The topological polar surface area (TPSA) is 38.3 Å². The molecule has 6 heteroatoms. The fourth-order valence-corrected chi connectivity index (χ4v) is 1.35. The monoisotopic (exact) mass is 295 g/mol. The summed E-state index contributed by atoms with van der Waals surface area (Å²) in [6, 6.07) is 2.57. The number of benzene rings is 1. The van der Waals surface area contributed by atoms with E-state index in [0.29, 0.717) is 0 Å². The summed E-state index contributed by atoms with van der Waals surface area (Å²) in [5.41, 5.74) is 0.249. The molecular formula is C9H8BrClFNO2. The first-order valence-corrected chi connectivity index (χ1v) is 5.30. The molecule has 0 radical (unpaired) electrons. The lowest BCUT2D eigenvalue weighted by Gasteiger charge is -2.06. The Kier molecular flexibility index (Phi) is 4.35. The molecule has 1 aromatic rings. The number of carbonyl (C=O) groups is 1. The molecule has 0 unspecified atom stereocenters. The molecule has 0 spiro atoms. The Balaban J connectivity index is 2.83. The molecule has 0 aliphatic carbocycles. The number of carbonyl (C=O) groups excluding carboxylic acids is 1. The Morgan fingerprint density at radius 1 is 1.67 bits per heavy atom. The molecule has 0 aliphatic heterocycles. The minimum atomic E-state index is -0.643. The molecule has 0 bridgehead atoms. The summed E-state index contributed by atoms with van der Waals surface area (Å²) in [6.45, 7) is 1.92. The zero-order valence-electron chi connectivity index (χ0n) is 7.81. The van der Waals surface area contributed by atoms with Gasteiger partial charge in [0, 0.05) is 5.69 Å². The fraction of sp³-hybridized carbons (Fsp3) is 0.222. The minimum Gasteiger partial charge on any atom is -0.450 e. The van der Waals surface area contributed by atoms with E-state index in [4.69, 9.17) is 11.6 Å². The van der Waals surface area contributed by atoms with Crippen LogP contribution in [0.5, 0.6) is 0 Å². The number of rotatable bonds is 2. The maximum absolute atomic E-state index is 13.2. The zero-order chi connectivity index (χ0) is 11.4. The maximum Gasteiger partial charge on any atom is 0.411 e. The average molecular weight is 297 g/mol. The molecule has 0 heterocycles. The van der Waals surface area contributed by atoms with E-state index in [9.17, 15) is 9.18 Å². The van der Waals surface area contributed by atoms with Crippen LogP contribution < -0.4 is 5.32 Å². The van der Waals surface area contributed by atoms with Crippen molar-refractivity contribution >= 4 is 39.3 Å². The lowest BCUT2D eigenvalue weighted by molar-refractivity contribution is 0.168. The first-order valence-electron chi connectivity index (χ1n) is 4.13. The summed E-state index contributed by atoms with van der Waals surface area (Å²) in [5.74, 6) is -0.547. The van der Waals surface area contributed by atoms with Crippen LogP contribution in [0.4, 0.5) is 14.9 Å². The number of nitrogens with one attached hydrogen (secondary N) is 1. The average Bonchev–Trinajstić information content (AvgIpc) is 2.14. The van der Waals surface area contributed by atoms with Crippen LogP contribution in [0.2, 0.25) is 5.02 Å². The van der Waals surface area contributed by atoms with Crippen LogP contribution in [0, 0.1) is 5.82 Å². The van der Waals surface area contributed by atoms with Crippen molar-refractivity contribution in [1.82, 2.24) is 0 Å². The quantitative estimate of drug-likeness (QED) is 0.843. The van der Waals surface area contributed by atoms with Crippen LogP contribution in [-0.4, -0.2) is 12.7 Å². The van der Waals surface area contributed by atoms with Crippen molar-refractivity contribution in [2.75, 3.05) is 11.9 Å². The molecule has 1 aromatic carbocycles. The van der Waals surface area contributed by atoms with Crippen LogP contribution in [0.1, 0.15) is 6.92 Å². The third-order valence-corrected chi connectivity index (χ3v) is 2.84. The Labute approximate surface area is 99.7 Å². The van der Waals surface area contributed by atoms with Crippen LogP contribution in [0.25, 0.3) is 0 Å². The molecule has 0 aliphatic rings. The van der Waals surface area contributed by atoms with Gasteiger partial charge >= 0.3 is 6.09 Å². The Morgan fingerprint density at radius 2 is 2.33 bits per heavy atom. The number of halogens is 3. The second kappa shape index (κ2) is 5.32. The van der Waals surface area contributed by atoms with Crippen molar-refractivity contribution in [3.8, 4) is 0 Å². The molecule has 0 fully saturated rings. The van der Waals surface area contributed by atoms with E-state index in [1.54, 1.807) is 6.92 Å². The van der Waals surface area contributed by atoms with Gasteiger partial charge in [-0.1, -0.05) is 11.6 Å². The van der Waals surface area contributed by atoms with E-state index in [-0.39, 0.29) is 21.8 Å². The van der Waals surface area contributed by atoms with Gasteiger partial charge in [0.25, 0.3) is 0 Å². The summed E-state index contributed by atoms with van der Waals surface area (Å²) in [6.07, 6.45) is -0.643. The standard InChI is InChI=1S/C9H8BrClFNO2/c1-2-15-9(14)13-5-3-6(11)8(10)7(12)4-5/h3-4H,2H2,1H3,(H,13,14). The van der Waals surface area contributed by atoms with Crippen LogP contribution in [-0.2, 0) is 4.74 Å². The SMILES string of the molecule is CCOC(=O)Nc1cc(F)c(Br)c(Cl)c1. The molecule has 0 aromatic heterocycles. The van der Waals surface area contributed by atoms with E-state index < -0.39 is 11.9 Å². The fourth-order valence-electron chi connectivity index (χ4n) is 0.913. The number of hydrogen-bond donors (Lipinski definition) is 1. The Hall–Kier alpha value is -0.810.